The number of nitrogens with one attached hydrogen (secondary N) is 1. The zero-order valence-electron chi connectivity index (χ0n) is 24.4. The molecule has 2 aromatic heterocycles. The standard InChI is InChI=1S/C30H36N4O6S2/c1-6-39-26(35)15-10-17-34-18-16-23-27(34)31-20(2)32-28(23)41-19-24(29(36)40-30(3,4)5)33-42(37,38)25-14-9-12-21-11-7-8-13-22(21)25/h7-9,11-14,16,18,24,33H,6,10,15,17,19H2,1-5H3/t24-/m0/s1. The van der Waals surface area contributed by atoms with E-state index in [2.05, 4.69) is 14.7 Å². The lowest BCUT2D eigenvalue weighted by Gasteiger charge is -2.24. The van der Waals surface area contributed by atoms with Crippen LogP contribution in [0.25, 0.3) is 21.8 Å². The third-order valence-electron chi connectivity index (χ3n) is 6.20. The van der Waals surface area contributed by atoms with Crippen molar-refractivity contribution in [1.82, 2.24) is 19.3 Å². The molecular formula is C30H36N4O6S2. The molecule has 0 aliphatic carbocycles. The number of ether oxygens (including phenoxy) is 2. The molecule has 0 saturated carbocycles. The molecule has 0 bridgehead atoms. The lowest BCUT2D eigenvalue weighted by Crippen LogP contribution is -2.45. The van der Waals surface area contributed by atoms with Gasteiger partial charge in [-0.15, -0.1) is 11.8 Å². The number of aromatic nitrogens is 3. The highest BCUT2D eigenvalue weighted by Gasteiger charge is 2.31. The van der Waals surface area contributed by atoms with E-state index < -0.39 is 27.6 Å². The largest absolute Gasteiger partial charge is 0.466 e. The second kappa shape index (κ2) is 13.2. The van der Waals surface area contributed by atoms with Crippen molar-refractivity contribution in [3.05, 3.63) is 60.6 Å². The van der Waals surface area contributed by atoms with Gasteiger partial charge in [0.25, 0.3) is 0 Å². The Morgan fingerprint density at radius 3 is 2.52 bits per heavy atom. The summed E-state index contributed by atoms with van der Waals surface area (Å²) >= 11 is 1.25. The maximum Gasteiger partial charge on any atom is 0.325 e. The van der Waals surface area contributed by atoms with Crippen molar-refractivity contribution in [2.24, 2.45) is 0 Å². The first-order chi connectivity index (χ1) is 19.9. The summed E-state index contributed by atoms with van der Waals surface area (Å²) in [5.41, 5.74) is -0.122. The molecule has 0 aliphatic heterocycles. The van der Waals surface area contributed by atoms with E-state index in [9.17, 15) is 18.0 Å². The number of benzene rings is 2. The number of aryl methyl sites for hydroxylation is 2. The van der Waals surface area contributed by atoms with E-state index in [1.165, 1.54) is 17.8 Å². The number of thioether (sulfide) groups is 1. The van der Waals surface area contributed by atoms with E-state index >= 15 is 0 Å². The third-order valence-corrected chi connectivity index (χ3v) is 8.81. The van der Waals surface area contributed by atoms with Gasteiger partial charge in [-0.05, 0) is 58.6 Å². The van der Waals surface area contributed by atoms with Gasteiger partial charge in [-0.3, -0.25) is 9.59 Å². The number of carbonyl (C=O) groups is 2. The highest BCUT2D eigenvalue weighted by molar-refractivity contribution is 7.99. The van der Waals surface area contributed by atoms with Gasteiger partial charge >= 0.3 is 11.9 Å². The van der Waals surface area contributed by atoms with Gasteiger partial charge in [0, 0.05) is 30.3 Å². The second-order valence-corrected chi connectivity index (χ2v) is 13.4. The van der Waals surface area contributed by atoms with E-state index in [4.69, 9.17) is 9.47 Å². The summed E-state index contributed by atoms with van der Waals surface area (Å²) in [5, 5.41) is 2.70. The molecular weight excluding hydrogens is 576 g/mol. The predicted molar refractivity (Wildman–Crippen MR) is 163 cm³/mol. The Morgan fingerprint density at radius 2 is 1.79 bits per heavy atom. The summed E-state index contributed by atoms with van der Waals surface area (Å²) in [6, 6.07) is 12.9. The molecule has 0 spiro atoms. The molecule has 1 atom stereocenters. The minimum atomic E-state index is -4.10. The Labute approximate surface area is 250 Å². The highest BCUT2D eigenvalue weighted by Crippen LogP contribution is 2.29. The number of carbonyl (C=O) groups excluding carboxylic acids is 2. The van der Waals surface area contributed by atoms with E-state index in [-0.39, 0.29) is 16.6 Å². The zero-order chi connectivity index (χ0) is 30.5. The smallest absolute Gasteiger partial charge is 0.325 e. The van der Waals surface area contributed by atoms with Crippen LogP contribution in [0.3, 0.4) is 0 Å². The molecule has 2 heterocycles. The van der Waals surface area contributed by atoms with Crippen LogP contribution in [-0.2, 0) is 35.6 Å². The number of rotatable bonds is 12. The molecule has 4 aromatic rings. The van der Waals surface area contributed by atoms with Gasteiger partial charge in [-0.25, -0.2) is 18.4 Å². The van der Waals surface area contributed by atoms with Crippen LogP contribution in [0.1, 0.15) is 46.4 Å². The Hall–Kier alpha value is -3.48. The first-order valence-corrected chi connectivity index (χ1v) is 16.2. The zero-order valence-corrected chi connectivity index (χ0v) is 26.0. The van der Waals surface area contributed by atoms with Crippen LogP contribution in [0, 0.1) is 6.92 Å². The molecule has 4 rings (SSSR count). The molecule has 0 fully saturated rings. The fraction of sp³-hybridized carbons (Fsp3) is 0.400. The maximum absolute atomic E-state index is 13.6. The summed E-state index contributed by atoms with van der Waals surface area (Å²) in [4.78, 5) is 34.3. The number of nitrogens with zero attached hydrogens (tertiary/aromatic N) is 3. The average molecular weight is 613 g/mol. The van der Waals surface area contributed by atoms with Gasteiger partial charge in [-0.2, -0.15) is 4.72 Å². The molecule has 0 radical (unpaired) electrons. The Kier molecular flexibility index (Phi) is 9.90. The molecule has 0 unspecified atom stereocenters. The molecule has 0 saturated heterocycles. The van der Waals surface area contributed by atoms with Crippen LogP contribution >= 0.6 is 11.8 Å². The predicted octanol–water partition coefficient (Wildman–Crippen LogP) is 5.02. The quantitative estimate of drug-likeness (QED) is 0.133. The van der Waals surface area contributed by atoms with Gasteiger partial charge in [0.05, 0.1) is 16.9 Å². The van der Waals surface area contributed by atoms with Crippen molar-refractivity contribution in [3.63, 3.8) is 0 Å². The van der Waals surface area contributed by atoms with Crippen molar-refractivity contribution in [1.29, 1.82) is 0 Å². The SMILES string of the molecule is CCOC(=O)CCCn1ccc2c(SC[C@H](NS(=O)(=O)c3cccc4ccccc34)C(=O)OC(C)(C)C)nc(C)nc21. The van der Waals surface area contributed by atoms with Crippen molar-refractivity contribution in [3.8, 4) is 0 Å². The molecule has 1 N–H and O–H groups in total. The number of hydrogen-bond acceptors (Lipinski definition) is 9. The fourth-order valence-electron chi connectivity index (χ4n) is 4.42. The van der Waals surface area contributed by atoms with E-state index in [1.807, 2.05) is 35.0 Å². The average Bonchev–Trinajstić information content (AvgIpc) is 3.32. The van der Waals surface area contributed by atoms with Crippen LogP contribution in [0.15, 0.2) is 64.6 Å². The Bertz CT molecular complexity index is 1690. The molecule has 0 aliphatic rings. The third kappa shape index (κ3) is 7.87. The van der Waals surface area contributed by atoms with Crippen LogP contribution in [-0.4, -0.2) is 58.9 Å². The summed E-state index contributed by atoms with van der Waals surface area (Å²) in [6.07, 6.45) is 2.76. The summed E-state index contributed by atoms with van der Waals surface area (Å²) < 4.78 is 42.4. The normalized spacial score (nSPS) is 12.9. The Morgan fingerprint density at radius 1 is 1.05 bits per heavy atom. The van der Waals surface area contributed by atoms with Crippen molar-refractivity contribution >= 4 is 55.5 Å². The summed E-state index contributed by atoms with van der Waals surface area (Å²) in [5.74, 6) is -0.355. The van der Waals surface area contributed by atoms with Crippen molar-refractivity contribution < 1.29 is 27.5 Å². The van der Waals surface area contributed by atoms with Crippen LogP contribution in [0.4, 0.5) is 0 Å². The summed E-state index contributed by atoms with van der Waals surface area (Å²) in [7, 11) is -4.10. The van der Waals surface area contributed by atoms with Crippen LogP contribution < -0.4 is 4.72 Å². The van der Waals surface area contributed by atoms with E-state index in [0.29, 0.717) is 47.9 Å². The molecule has 2 aromatic carbocycles. The molecule has 10 nitrogen and oxygen atoms in total. The van der Waals surface area contributed by atoms with Crippen LogP contribution in [0.5, 0.6) is 0 Å². The van der Waals surface area contributed by atoms with Crippen molar-refractivity contribution in [2.45, 2.75) is 75.6 Å². The van der Waals surface area contributed by atoms with Crippen molar-refractivity contribution in [2.75, 3.05) is 12.4 Å². The number of hydrogen-bond donors (Lipinski definition) is 1. The molecule has 0 amide bonds. The minimum Gasteiger partial charge on any atom is -0.466 e. The van der Waals surface area contributed by atoms with Crippen LogP contribution in [0.2, 0.25) is 0 Å². The minimum absolute atomic E-state index is 0.0402. The van der Waals surface area contributed by atoms with Gasteiger partial charge in [-0.1, -0.05) is 36.4 Å². The first kappa shape index (κ1) is 31.5. The lowest BCUT2D eigenvalue weighted by atomic mass is 10.1. The topological polar surface area (TPSA) is 129 Å². The van der Waals surface area contributed by atoms with Gasteiger partial charge < -0.3 is 14.0 Å². The van der Waals surface area contributed by atoms with Gasteiger partial charge in [0.2, 0.25) is 10.0 Å². The fourth-order valence-corrected chi connectivity index (χ4v) is 7.00. The van der Waals surface area contributed by atoms with Gasteiger partial charge in [0.15, 0.2) is 0 Å². The van der Waals surface area contributed by atoms with Gasteiger partial charge in [0.1, 0.15) is 28.1 Å². The molecule has 42 heavy (non-hydrogen) atoms. The maximum atomic E-state index is 13.6. The number of fused-ring (bicyclic) bond motifs is 2. The van der Waals surface area contributed by atoms with E-state index in [1.54, 1.807) is 52.8 Å². The Balaban J connectivity index is 1.59. The number of esters is 2. The number of sulfonamides is 1. The molecule has 12 heteroatoms. The monoisotopic (exact) mass is 612 g/mol. The highest BCUT2D eigenvalue weighted by atomic mass is 32.2. The first-order valence-electron chi connectivity index (χ1n) is 13.7. The van der Waals surface area contributed by atoms with E-state index in [0.717, 1.165) is 10.8 Å². The molecule has 224 valence electrons. The summed E-state index contributed by atoms with van der Waals surface area (Å²) in [6.45, 7) is 9.66. The lowest BCUT2D eigenvalue weighted by molar-refractivity contribution is -0.156. The second-order valence-electron chi connectivity index (χ2n) is 10.7.